The molecule has 1 aliphatic rings. The lowest BCUT2D eigenvalue weighted by atomic mass is 10.1. The average molecular weight is 303 g/mol. The Kier molecular flexibility index (Phi) is 5.08. The van der Waals surface area contributed by atoms with E-state index in [2.05, 4.69) is 20.2 Å². The Morgan fingerprint density at radius 2 is 2.25 bits per heavy atom. The van der Waals surface area contributed by atoms with Gasteiger partial charge in [-0.1, -0.05) is 11.6 Å². The zero-order chi connectivity index (χ0) is 14.6. The van der Waals surface area contributed by atoms with Crippen molar-refractivity contribution in [1.82, 2.24) is 24.5 Å². The standard InChI is InChI=1S/C11H21N5O3S/c1-9-14-11(15-19-9)8-13-20(17,18)16-6-4-3-5-10(16)7-12-2/h10,12-13H,3-8H2,1-2H3. The van der Waals surface area contributed by atoms with Gasteiger partial charge < -0.3 is 9.84 Å². The van der Waals surface area contributed by atoms with E-state index in [4.69, 9.17) is 4.52 Å². The van der Waals surface area contributed by atoms with Crippen molar-refractivity contribution < 1.29 is 12.9 Å². The second-order valence-electron chi connectivity index (χ2n) is 4.87. The minimum atomic E-state index is -3.52. The number of hydrogen-bond donors (Lipinski definition) is 2. The molecular weight excluding hydrogens is 282 g/mol. The Morgan fingerprint density at radius 1 is 1.45 bits per heavy atom. The highest BCUT2D eigenvalue weighted by molar-refractivity contribution is 7.87. The fraction of sp³-hybridized carbons (Fsp3) is 0.818. The summed E-state index contributed by atoms with van der Waals surface area (Å²) in [5.74, 6) is 0.762. The number of nitrogens with zero attached hydrogens (tertiary/aromatic N) is 3. The fourth-order valence-corrected chi connectivity index (χ4v) is 3.80. The molecule has 114 valence electrons. The molecule has 20 heavy (non-hydrogen) atoms. The van der Waals surface area contributed by atoms with Crippen molar-refractivity contribution in [3.8, 4) is 0 Å². The van der Waals surface area contributed by atoms with E-state index < -0.39 is 10.2 Å². The van der Waals surface area contributed by atoms with Crippen LogP contribution in [0, 0.1) is 6.92 Å². The van der Waals surface area contributed by atoms with Crippen LogP contribution in [0.1, 0.15) is 31.0 Å². The molecule has 1 atom stereocenters. The molecule has 0 spiro atoms. The summed E-state index contributed by atoms with van der Waals surface area (Å²) < 4.78 is 33.6. The van der Waals surface area contributed by atoms with Crippen LogP contribution in [0.3, 0.4) is 0 Å². The lowest BCUT2D eigenvalue weighted by molar-refractivity contribution is 0.246. The number of aromatic nitrogens is 2. The molecule has 1 fully saturated rings. The number of likely N-dealkylation sites (N-methyl/N-ethyl adjacent to an activating group) is 1. The fourth-order valence-electron chi connectivity index (χ4n) is 2.38. The summed E-state index contributed by atoms with van der Waals surface area (Å²) in [6.45, 7) is 2.91. The topological polar surface area (TPSA) is 100 Å². The van der Waals surface area contributed by atoms with Gasteiger partial charge in [0, 0.05) is 26.1 Å². The monoisotopic (exact) mass is 303 g/mol. The largest absolute Gasteiger partial charge is 0.340 e. The first-order valence-electron chi connectivity index (χ1n) is 6.73. The molecule has 1 aliphatic heterocycles. The quantitative estimate of drug-likeness (QED) is 0.754. The number of nitrogens with one attached hydrogen (secondary N) is 2. The Balaban J connectivity index is 2.00. The summed E-state index contributed by atoms with van der Waals surface area (Å²) in [5, 5.41) is 6.72. The second-order valence-corrected chi connectivity index (χ2v) is 6.58. The van der Waals surface area contributed by atoms with Gasteiger partial charge in [-0.05, 0) is 19.9 Å². The van der Waals surface area contributed by atoms with Gasteiger partial charge in [0.2, 0.25) is 5.89 Å². The van der Waals surface area contributed by atoms with Crippen molar-refractivity contribution >= 4 is 10.2 Å². The second kappa shape index (κ2) is 6.61. The van der Waals surface area contributed by atoms with Crippen LogP contribution in [-0.4, -0.2) is 49.0 Å². The summed E-state index contributed by atoms with van der Waals surface area (Å²) in [7, 11) is -1.69. The summed E-state index contributed by atoms with van der Waals surface area (Å²) >= 11 is 0. The van der Waals surface area contributed by atoms with Crippen LogP contribution in [0.4, 0.5) is 0 Å². The molecule has 9 heteroatoms. The highest BCUT2D eigenvalue weighted by Crippen LogP contribution is 2.19. The molecule has 0 aromatic carbocycles. The molecule has 0 amide bonds. The summed E-state index contributed by atoms with van der Waals surface area (Å²) in [6, 6.07) is -0.00162. The maximum absolute atomic E-state index is 12.4. The summed E-state index contributed by atoms with van der Waals surface area (Å²) in [4.78, 5) is 3.98. The van der Waals surface area contributed by atoms with Crippen molar-refractivity contribution in [2.45, 2.75) is 38.8 Å². The van der Waals surface area contributed by atoms with Gasteiger partial charge in [0.05, 0.1) is 6.54 Å². The third kappa shape index (κ3) is 3.75. The van der Waals surface area contributed by atoms with Crippen molar-refractivity contribution in [2.24, 2.45) is 0 Å². The van der Waals surface area contributed by atoms with E-state index in [1.165, 1.54) is 4.31 Å². The smallest absolute Gasteiger partial charge is 0.280 e. The van der Waals surface area contributed by atoms with E-state index in [0.717, 1.165) is 19.3 Å². The zero-order valence-corrected chi connectivity index (χ0v) is 12.6. The first kappa shape index (κ1) is 15.4. The number of aryl methyl sites for hydroxylation is 1. The Hall–Kier alpha value is -1.03. The van der Waals surface area contributed by atoms with Crippen LogP contribution < -0.4 is 10.0 Å². The molecule has 2 rings (SSSR count). The van der Waals surface area contributed by atoms with E-state index in [1.54, 1.807) is 6.92 Å². The van der Waals surface area contributed by atoms with Gasteiger partial charge in [-0.3, -0.25) is 0 Å². The Morgan fingerprint density at radius 3 is 2.90 bits per heavy atom. The average Bonchev–Trinajstić information content (AvgIpc) is 2.83. The van der Waals surface area contributed by atoms with Crippen LogP contribution in [0.2, 0.25) is 0 Å². The third-order valence-electron chi connectivity index (χ3n) is 3.30. The maximum atomic E-state index is 12.4. The van der Waals surface area contributed by atoms with E-state index in [0.29, 0.717) is 24.8 Å². The third-order valence-corrected chi connectivity index (χ3v) is 4.91. The van der Waals surface area contributed by atoms with Crippen molar-refractivity contribution in [1.29, 1.82) is 0 Å². The minimum absolute atomic E-state index is 0.00162. The van der Waals surface area contributed by atoms with E-state index in [1.807, 2.05) is 7.05 Å². The molecular formula is C11H21N5O3S. The summed E-state index contributed by atoms with van der Waals surface area (Å²) in [5.41, 5.74) is 0. The first-order chi connectivity index (χ1) is 9.53. The van der Waals surface area contributed by atoms with Gasteiger partial charge in [0.15, 0.2) is 5.82 Å². The summed E-state index contributed by atoms with van der Waals surface area (Å²) in [6.07, 6.45) is 2.83. The van der Waals surface area contributed by atoms with Crippen molar-refractivity contribution in [2.75, 3.05) is 20.1 Å². The van der Waals surface area contributed by atoms with Crippen LogP contribution in [0.5, 0.6) is 0 Å². The molecule has 1 saturated heterocycles. The number of hydrogen-bond acceptors (Lipinski definition) is 6. The number of rotatable bonds is 6. The normalized spacial score (nSPS) is 21.2. The molecule has 1 aromatic heterocycles. The van der Waals surface area contributed by atoms with Gasteiger partial charge in [0.1, 0.15) is 0 Å². The Bertz CT molecular complexity index is 528. The van der Waals surface area contributed by atoms with Gasteiger partial charge in [-0.2, -0.15) is 22.4 Å². The molecule has 0 aliphatic carbocycles. The highest BCUT2D eigenvalue weighted by atomic mass is 32.2. The molecule has 0 saturated carbocycles. The van der Waals surface area contributed by atoms with Gasteiger partial charge in [-0.15, -0.1) is 0 Å². The zero-order valence-electron chi connectivity index (χ0n) is 11.8. The molecule has 2 N–H and O–H groups in total. The minimum Gasteiger partial charge on any atom is -0.340 e. The highest BCUT2D eigenvalue weighted by Gasteiger charge is 2.31. The molecule has 1 unspecified atom stereocenters. The van der Waals surface area contributed by atoms with E-state index in [9.17, 15) is 8.42 Å². The molecule has 2 heterocycles. The molecule has 8 nitrogen and oxygen atoms in total. The van der Waals surface area contributed by atoms with Gasteiger partial charge >= 0.3 is 0 Å². The van der Waals surface area contributed by atoms with E-state index >= 15 is 0 Å². The molecule has 0 bridgehead atoms. The van der Waals surface area contributed by atoms with Crippen LogP contribution in [-0.2, 0) is 16.8 Å². The number of piperidine rings is 1. The lowest BCUT2D eigenvalue weighted by Gasteiger charge is -2.34. The van der Waals surface area contributed by atoms with E-state index in [-0.39, 0.29) is 12.6 Å². The predicted molar refractivity (Wildman–Crippen MR) is 73.1 cm³/mol. The van der Waals surface area contributed by atoms with Crippen LogP contribution in [0.25, 0.3) is 0 Å². The predicted octanol–water partition coefficient (Wildman–Crippen LogP) is -0.214. The molecule has 0 radical (unpaired) electrons. The molecule has 1 aromatic rings. The van der Waals surface area contributed by atoms with Crippen LogP contribution >= 0.6 is 0 Å². The van der Waals surface area contributed by atoms with Gasteiger partial charge in [0.25, 0.3) is 10.2 Å². The Labute approximate surface area is 119 Å². The van der Waals surface area contributed by atoms with Crippen LogP contribution in [0.15, 0.2) is 4.52 Å². The van der Waals surface area contributed by atoms with Crippen molar-refractivity contribution in [3.63, 3.8) is 0 Å². The first-order valence-corrected chi connectivity index (χ1v) is 8.17. The van der Waals surface area contributed by atoms with Crippen molar-refractivity contribution in [3.05, 3.63) is 11.7 Å². The van der Waals surface area contributed by atoms with Gasteiger partial charge in [-0.25, -0.2) is 0 Å². The lowest BCUT2D eigenvalue weighted by Crippen LogP contribution is -2.51. The SMILES string of the molecule is CNCC1CCCCN1S(=O)(=O)NCc1noc(C)n1. The maximum Gasteiger partial charge on any atom is 0.280 e.